The Kier molecular flexibility index (Phi) is 5.59. The SMILES string of the molecule is Cc1cc([C@H]2CN[C@@H](C(C)C)CO2)n2nc([C@H]3CC[C@H](C(F)(F)F)CC3)cc2n1. The van der Waals surface area contributed by atoms with Gasteiger partial charge in [0.05, 0.1) is 23.9 Å². The zero-order valence-electron chi connectivity index (χ0n) is 17.2. The summed E-state index contributed by atoms with van der Waals surface area (Å²) in [7, 11) is 0. The zero-order valence-corrected chi connectivity index (χ0v) is 17.2. The first-order valence-corrected chi connectivity index (χ1v) is 10.5. The summed E-state index contributed by atoms with van der Waals surface area (Å²) in [5, 5.41) is 8.31. The topological polar surface area (TPSA) is 51.5 Å². The maximum atomic E-state index is 13.0. The molecule has 0 spiro atoms. The summed E-state index contributed by atoms with van der Waals surface area (Å²) in [5.41, 5.74) is 3.41. The number of nitrogens with zero attached hydrogens (tertiary/aromatic N) is 3. The average Bonchev–Trinajstić information content (AvgIpc) is 3.10. The maximum absolute atomic E-state index is 13.0. The van der Waals surface area contributed by atoms with Crippen molar-refractivity contribution in [3.8, 4) is 0 Å². The second-order valence-corrected chi connectivity index (χ2v) is 8.83. The van der Waals surface area contributed by atoms with E-state index >= 15 is 0 Å². The van der Waals surface area contributed by atoms with Crippen LogP contribution in [-0.4, -0.2) is 40.0 Å². The first-order chi connectivity index (χ1) is 13.7. The lowest BCUT2D eigenvalue weighted by Gasteiger charge is -2.32. The number of halogens is 3. The van der Waals surface area contributed by atoms with E-state index in [1.165, 1.54) is 0 Å². The molecule has 0 amide bonds. The highest BCUT2D eigenvalue weighted by Crippen LogP contribution is 2.42. The third-order valence-electron chi connectivity index (χ3n) is 6.39. The molecule has 2 aromatic heterocycles. The first kappa shape index (κ1) is 20.6. The Labute approximate surface area is 169 Å². The monoisotopic (exact) mass is 410 g/mol. The second kappa shape index (κ2) is 7.87. The number of fused-ring (bicyclic) bond motifs is 1. The number of aryl methyl sites for hydroxylation is 1. The molecule has 1 saturated carbocycles. The normalized spacial score (nSPS) is 28.9. The largest absolute Gasteiger partial charge is 0.391 e. The van der Waals surface area contributed by atoms with Gasteiger partial charge < -0.3 is 10.1 Å². The van der Waals surface area contributed by atoms with Crippen LogP contribution in [0, 0.1) is 18.8 Å². The summed E-state index contributed by atoms with van der Waals surface area (Å²) in [6.07, 6.45) is -2.83. The first-order valence-electron chi connectivity index (χ1n) is 10.5. The van der Waals surface area contributed by atoms with Crippen LogP contribution in [-0.2, 0) is 4.74 Å². The smallest absolute Gasteiger partial charge is 0.369 e. The summed E-state index contributed by atoms with van der Waals surface area (Å²) >= 11 is 0. The number of hydrogen-bond acceptors (Lipinski definition) is 4. The molecule has 5 nitrogen and oxygen atoms in total. The third-order valence-corrected chi connectivity index (χ3v) is 6.39. The van der Waals surface area contributed by atoms with Crippen LogP contribution in [0.4, 0.5) is 13.2 Å². The van der Waals surface area contributed by atoms with E-state index < -0.39 is 12.1 Å². The lowest BCUT2D eigenvalue weighted by molar-refractivity contribution is -0.182. The Morgan fingerprint density at radius 1 is 1.17 bits per heavy atom. The number of hydrogen-bond donors (Lipinski definition) is 1. The van der Waals surface area contributed by atoms with E-state index in [1.807, 2.05) is 23.6 Å². The van der Waals surface area contributed by atoms with Gasteiger partial charge in [-0.25, -0.2) is 9.50 Å². The van der Waals surface area contributed by atoms with Crippen LogP contribution in [0.3, 0.4) is 0 Å². The van der Waals surface area contributed by atoms with Gasteiger partial charge in [-0.15, -0.1) is 0 Å². The van der Waals surface area contributed by atoms with Crippen LogP contribution in [0.5, 0.6) is 0 Å². The predicted molar refractivity (Wildman–Crippen MR) is 104 cm³/mol. The van der Waals surface area contributed by atoms with Gasteiger partial charge in [0, 0.05) is 30.3 Å². The molecule has 2 fully saturated rings. The molecule has 1 N–H and O–H groups in total. The number of aromatic nitrogens is 3. The molecule has 1 saturated heterocycles. The fourth-order valence-corrected chi connectivity index (χ4v) is 4.51. The van der Waals surface area contributed by atoms with Gasteiger partial charge in [0.2, 0.25) is 0 Å². The van der Waals surface area contributed by atoms with Gasteiger partial charge in [0.15, 0.2) is 5.65 Å². The van der Waals surface area contributed by atoms with E-state index in [1.54, 1.807) is 0 Å². The van der Waals surface area contributed by atoms with E-state index in [9.17, 15) is 13.2 Å². The lowest BCUT2D eigenvalue weighted by Crippen LogP contribution is -2.46. The van der Waals surface area contributed by atoms with Crippen LogP contribution < -0.4 is 5.32 Å². The minimum atomic E-state index is -4.09. The van der Waals surface area contributed by atoms with E-state index in [-0.39, 0.29) is 24.9 Å². The molecule has 1 aliphatic carbocycles. The summed E-state index contributed by atoms with van der Waals surface area (Å²) < 4.78 is 46.9. The molecule has 3 heterocycles. The molecule has 2 aliphatic rings. The summed E-state index contributed by atoms with van der Waals surface area (Å²) in [5.74, 6) is -0.625. The number of alkyl halides is 3. The van der Waals surface area contributed by atoms with Crippen molar-refractivity contribution in [2.75, 3.05) is 13.2 Å². The fourth-order valence-electron chi connectivity index (χ4n) is 4.51. The van der Waals surface area contributed by atoms with Crippen LogP contribution in [0.15, 0.2) is 12.1 Å². The van der Waals surface area contributed by atoms with Gasteiger partial charge in [-0.05, 0) is 44.6 Å². The standard InChI is InChI=1S/C21H29F3N4O/c1-12(2)17-11-29-19(10-25-17)18-8-13(3)26-20-9-16(27-28(18)20)14-4-6-15(7-5-14)21(22,23)24/h8-9,12,14-15,17,19,25H,4-7,10-11H2,1-3H3/t14-,15-,17-,19-/m1/s1. The molecule has 0 unspecified atom stereocenters. The van der Waals surface area contributed by atoms with Crippen molar-refractivity contribution in [2.24, 2.45) is 11.8 Å². The van der Waals surface area contributed by atoms with Crippen molar-refractivity contribution in [1.82, 2.24) is 19.9 Å². The van der Waals surface area contributed by atoms with Gasteiger partial charge in [0.25, 0.3) is 0 Å². The van der Waals surface area contributed by atoms with Gasteiger partial charge in [-0.3, -0.25) is 0 Å². The van der Waals surface area contributed by atoms with Crippen LogP contribution in [0.25, 0.3) is 5.65 Å². The van der Waals surface area contributed by atoms with Gasteiger partial charge in [-0.1, -0.05) is 13.8 Å². The van der Waals surface area contributed by atoms with Crippen LogP contribution in [0.2, 0.25) is 0 Å². The number of nitrogens with one attached hydrogen (secondary N) is 1. The molecule has 29 heavy (non-hydrogen) atoms. The lowest BCUT2D eigenvalue weighted by atomic mass is 9.80. The van der Waals surface area contributed by atoms with E-state index in [4.69, 9.17) is 9.84 Å². The molecule has 0 aromatic carbocycles. The summed E-state index contributed by atoms with van der Waals surface area (Å²) in [4.78, 5) is 4.59. The molecule has 2 aromatic rings. The molecule has 1 aliphatic heterocycles. The van der Waals surface area contributed by atoms with E-state index in [0.29, 0.717) is 38.0 Å². The van der Waals surface area contributed by atoms with Crippen molar-refractivity contribution < 1.29 is 17.9 Å². The van der Waals surface area contributed by atoms with Crippen LogP contribution >= 0.6 is 0 Å². The minimum absolute atomic E-state index is 0.0548. The number of morpholine rings is 1. The third kappa shape index (κ3) is 4.28. The average molecular weight is 410 g/mol. The van der Waals surface area contributed by atoms with Crippen molar-refractivity contribution in [1.29, 1.82) is 0 Å². The van der Waals surface area contributed by atoms with Gasteiger partial charge in [0.1, 0.15) is 6.10 Å². The highest BCUT2D eigenvalue weighted by atomic mass is 19.4. The molecule has 2 atom stereocenters. The Morgan fingerprint density at radius 3 is 2.48 bits per heavy atom. The van der Waals surface area contributed by atoms with E-state index in [2.05, 4.69) is 24.1 Å². The van der Waals surface area contributed by atoms with E-state index in [0.717, 1.165) is 22.7 Å². The summed E-state index contributed by atoms with van der Waals surface area (Å²) in [6, 6.07) is 4.26. The molecule has 0 radical (unpaired) electrons. The van der Waals surface area contributed by atoms with Gasteiger partial charge in [-0.2, -0.15) is 18.3 Å². The Hall–Kier alpha value is -1.67. The minimum Gasteiger partial charge on any atom is -0.369 e. The molecular formula is C21H29F3N4O. The van der Waals surface area contributed by atoms with Gasteiger partial charge >= 0.3 is 6.18 Å². The second-order valence-electron chi connectivity index (χ2n) is 8.83. The molecule has 0 bridgehead atoms. The quantitative estimate of drug-likeness (QED) is 0.806. The Balaban J connectivity index is 1.55. The van der Waals surface area contributed by atoms with Crippen LogP contribution in [0.1, 0.15) is 68.6 Å². The Morgan fingerprint density at radius 2 is 1.90 bits per heavy atom. The highest BCUT2D eigenvalue weighted by molar-refractivity contribution is 5.43. The highest BCUT2D eigenvalue weighted by Gasteiger charge is 2.42. The van der Waals surface area contributed by atoms with Crippen molar-refractivity contribution in [3.05, 3.63) is 29.2 Å². The number of ether oxygens (including phenoxy) is 1. The van der Waals surface area contributed by atoms with Crippen molar-refractivity contribution >= 4 is 5.65 Å². The van der Waals surface area contributed by atoms with Crippen molar-refractivity contribution in [2.45, 2.75) is 70.7 Å². The Bertz CT molecular complexity index is 847. The predicted octanol–water partition coefficient (Wildman–Crippen LogP) is 4.56. The maximum Gasteiger partial charge on any atom is 0.391 e. The molecule has 4 rings (SSSR count). The fraction of sp³-hybridized carbons (Fsp3) is 0.714. The number of rotatable bonds is 3. The zero-order chi connectivity index (χ0) is 20.8. The molecule has 8 heteroatoms. The van der Waals surface area contributed by atoms with Crippen molar-refractivity contribution in [3.63, 3.8) is 0 Å². The summed E-state index contributed by atoms with van der Waals surface area (Å²) in [6.45, 7) is 7.62. The molecular weight excluding hydrogens is 381 g/mol. The molecule has 160 valence electrons.